The number of alkyl halides is 3. The number of furan rings is 1. The SMILES string of the molecule is COCC1CN(C(=O)c2cc(C)oc2C)Cc2ncn(CC3CC3)c21.O=C(O)C(F)(F)F. The van der Waals surface area contributed by atoms with Gasteiger partial charge in [0.25, 0.3) is 5.91 Å². The normalized spacial score (nSPS) is 18.1. The Morgan fingerprint density at radius 2 is 1.97 bits per heavy atom. The maximum atomic E-state index is 13.0. The zero-order valence-electron chi connectivity index (χ0n) is 18.1. The predicted octanol–water partition coefficient (Wildman–Crippen LogP) is 3.52. The molecule has 2 aromatic heterocycles. The van der Waals surface area contributed by atoms with Crippen LogP contribution in [0.1, 0.15) is 52.0 Å². The van der Waals surface area contributed by atoms with Crippen molar-refractivity contribution in [3.8, 4) is 0 Å². The Bertz CT molecular complexity index is 978. The number of carboxylic acids is 1. The van der Waals surface area contributed by atoms with Crippen molar-refractivity contribution >= 4 is 11.9 Å². The molecule has 0 spiro atoms. The molecular weight excluding hydrogens is 431 g/mol. The number of hydrogen-bond donors (Lipinski definition) is 1. The molecule has 3 heterocycles. The first-order chi connectivity index (χ1) is 15.0. The maximum Gasteiger partial charge on any atom is 0.490 e. The van der Waals surface area contributed by atoms with E-state index >= 15 is 0 Å². The van der Waals surface area contributed by atoms with E-state index in [0.717, 1.165) is 23.9 Å². The summed E-state index contributed by atoms with van der Waals surface area (Å²) < 4.78 is 45.0. The minimum atomic E-state index is -5.08. The smallest absolute Gasteiger partial charge is 0.475 e. The number of aliphatic carboxylic acids is 1. The lowest BCUT2D eigenvalue weighted by atomic mass is 9.98. The van der Waals surface area contributed by atoms with Gasteiger partial charge in [-0.25, -0.2) is 9.78 Å². The van der Waals surface area contributed by atoms with Crippen LogP contribution in [0.4, 0.5) is 13.2 Å². The van der Waals surface area contributed by atoms with Crippen LogP contribution < -0.4 is 0 Å². The number of fused-ring (bicyclic) bond motifs is 1. The molecule has 4 rings (SSSR count). The van der Waals surface area contributed by atoms with Gasteiger partial charge < -0.3 is 23.7 Å². The lowest BCUT2D eigenvalue weighted by Crippen LogP contribution is -2.40. The summed E-state index contributed by atoms with van der Waals surface area (Å²) in [7, 11) is 1.71. The lowest BCUT2D eigenvalue weighted by Gasteiger charge is -2.33. The van der Waals surface area contributed by atoms with Crippen LogP contribution in [0, 0.1) is 19.8 Å². The molecule has 1 saturated carbocycles. The van der Waals surface area contributed by atoms with Crippen molar-refractivity contribution in [1.29, 1.82) is 0 Å². The van der Waals surface area contributed by atoms with E-state index in [0.29, 0.717) is 31.0 Å². The zero-order chi connectivity index (χ0) is 23.6. The Morgan fingerprint density at radius 3 is 2.47 bits per heavy atom. The summed E-state index contributed by atoms with van der Waals surface area (Å²) in [5.74, 6) is -0.355. The van der Waals surface area contributed by atoms with Gasteiger partial charge in [-0.2, -0.15) is 13.2 Å². The number of rotatable bonds is 5. The third kappa shape index (κ3) is 5.50. The van der Waals surface area contributed by atoms with Crippen molar-refractivity contribution in [2.24, 2.45) is 5.92 Å². The molecule has 0 saturated heterocycles. The standard InChI is InChI=1S/C19H25N3O3.C2HF3O2/c1-12-6-16(13(2)25-12)19(23)21-8-15(10-24-3)18-17(9-21)20-11-22(18)7-14-4-5-14;3-2(4,5)1(6)7/h6,11,14-15H,4-5,7-10H2,1-3H3;(H,6,7). The van der Waals surface area contributed by atoms with Gasteiger partial charge in [0.2, 0.25) is 0 Å². The summed E-state index contributed by atoms with van der Waals surface area (Å²) in [5, 5.41) is 7.12. The van der Waals surface area contributed by atoms with Crippen LogP contribution in [-0.2, 0) is 22.6 Å². The number of methoxy groups -OCH3 is 1. The van der Waals surface area contributed by atoms with Gasteiger partial charge in [-0.05, 0) is 38.7 Å². The number of aryl methyl sites for hydroxylation is 2. The average Bonchev–Trinajstić information content (AvgIpc) is 3.33. The predicted molar refractivity (Wildman–Crippen MR) is 106 cm³/mol. The molecule has 0 bridgehead atoms. The van der Waals surface area contributed by atoms with Crippen LogP contribution in [0.25, 0.3) is 0 Å². The number of imidazole rings is 1. The molecule has 1 atom stereocenters. The van der Waals surface area contributed by atoms with Gasteiger partial charge in [0.05, 0.1) is 30.7 Å². The van der Waals surface area contributed by atoms with E-state index < -0.39 is 12.1 Å². The Hall–Kier alpha value is -2.82. The molecular formula is C21H26F3N3O5. The first-order valence-electron chi connectivity index (χ1n) is 10.2. The number of carbonyl (C=O) groups is 2. The molecule has 1 aliphatic heterocycles. The van der Waals surface area contributed by atoms with E-state index in [2.05, 4.69) is 9.55 Å². The van der Waals surface area contributed by atoms with Gasteiger partial charge in [0.1, 0.15) is 11.5 Å². The van der Waals surface area contributed by atoms with Crippen LogP contribution in [0.3, 0.4) is 0 Å². The fourth-order valence-electron chi connectivity index (χ4n) is 3.85. The van der Waals surface area contributed by atoms with E-state index in [1.165, 1.54) is 18.5 Å². The first kappa shape index (κ1) is 23.8. The summed E-state index contributed by atoms with van der Waals surface area (Å²) in [6.07, 6.45) is -0.524. The highest BCUT2D eigenvalue weighted by Crippen LogP contribution is 2.35. The first-order valence-corrected chi connectivity index (χ1v) is 10.2. The summed E-state index contributed by atoms with van der Waals surface area (Å²) in [6.45, 7) is 6.54. The minimum Gasteiger partial charge on any atom is -0.475 e. The number of carbonyl (C=O) groups excluding carboxylic acids is 1. The molecule has 1 fully saturated rings. The quantitative estimate of drug-likeness (QED) is 0.738. The van der Waals surface area contributed by atoms with Crippen molar-refractivity contribution in [2.45, 2.75) is 51.9 Å². The number of hydrogen-bond acceptors (Lipinski definition) is 5. The zero-order valence-corrected chi connectivity index (χ0v) is 18.1. The van der Waals surface area contributed by atoms with E-state index in [4.69, 9.17) is 19.1 Å². The summed E-state index contributed by atoms with van der Waals surface area (Å²) in [6, 6.07) is 1.82. The topological polar surface area (TPSA) is 97.8 Å². The van der Waals surface area contributed by atoms with Crippen LogP contribution in [0.15, 0.2) is 16.8 Å². The molecule has 2 aromatic rings. The molecule has 8 nitrogen and oxygen atoms in total. The fraction of sp³-hybridized carbons (Fsp3) is 0.571. The van der Waals surface area contributed by atoms with Crippen molar-refractivity contribution in [1.82, 2.24) is 14.5 Å². The lowest BCUT2D eigenvalue weighted by molar-refractivity contribution is -0.192. The number of ether oxygens (including phenoxy) is 1. The summed E-state index contributed by atoms with van der Waals surface area (Å²) in [5.41, 5.74) is 2.90. The van der Waals surface area contributed by atoms with E-state index in [9.17, 15) is 18.0 Å². The highest BCUT2D eigenvalue weighted by molar-refractivity contribution is 5.95. The minimum absolute atomic E-state index is 0.0119. The van der Waals surface area contributed by atoms with Crippen molar-refractivity contribution < 1.29 is 37.0 Å². The second-order valence-electron chi connectivity index (χ2n) is 8.14. The molecule has 2 aliphatic rings. The third-order valence-electron chi connectivity index (χ3n) is 5.45. The van der Waals surface area contributed by atoms with Crippen LogP contribution in [0.2, 0.25) is 0 Å². The molecule has 0 aromatic carbocycles. The van der Waals surface area contributed by atoms with Crippen LogP contribution in [0.5, 0.6) is 0 Å². The highest BCUT2D eigenvalue weighted by atomic mass is 19.4. The Kier molecular flexibility index (Phi) is 6.97. The Morgan fingerprint density at radius 1 is 1.31 bits per heavy atom. The maximum absolute atomic E-state index is 13.0. The average molecular weight is 457 g/mol. The third-order valence-corrected chi connectivity index (χ3v) is 5.45. The van der Waals surface area contributed by atoms with Gasteiger partial charge >= 0.3 is 12.1 Å². The van der Waals surface area contributed by atoms with Crippen molar-refractivity contribution in [3.63, 3.8) is 0 Å². The molecule has 1 N–H and O–H groups in total. The largest absolute Gasteiger partial charge is 0.490 e. The van der Waals surface area contributed by atoms with E-state index in [-0.39, 0.29) is 11.8 Å². The van der Waals surface area contributed by atoms with Crippen LogP contribution >= 0.6 is 0 Å². The van der Waals surface area contributed by atoms with E-state index in [1.807, 2.05) is 31.1 Å². The van der Waals surface area contributed by atoms with Crippen molar-refractivity contribution in [2.75, 3.05) is 20.3 Å². The number of carboxylic acid groups (broad SMARTS) is 1. The Labute approximate surface area is 183 Å². The molecule has 1 amide bonds. The number of halogens is 3. The molecule has 32 heavy (non-hydrogen) atoms. The second kappa shape index (κ2) is 9.35. The van der Waals surface area contributed by atoms with E-state index in [1.54, 1.807) is 7.11 Å². The fourth-order valence-corrected chi connectivity index (χ4v) is 3.85. The Balaban J connectivity index is 0.000000360. The van der Waals surface area contributed by atoms with Gasteiger partial charge in [-0.3, -0.25) is 4.79 Å². The molecule has 1 unspecified atom stereocenters. The molecule has 11 heteroatoms. The number of aromatic nitrogens is 2. The number of amides is 1. The van der Waals surface area contributed by atoms with Gasteiger partial charge in [-0.1, -0.05) is 0 Å². The summed E-state index contributed by atoms with van der Waals surface area (Å²) in [4.78, 5) is 28.4. The van der Waals surface area contributed by atoms with Crippen LogP contribution in [-0.4, -0.2) is 57.9 Å². The van der Waals surface area contributed by atoms with Gasteiger partial charge in [-0.15, -0.1) is 0 Å². The van der Waals surface area contributed by atoms with Gasteiger partial charge in [0, 0.05) is 31.8 Å². The monoisotopic (exact) mass is 457 g/mol. The van der Waals surface area contributed by atoms with Gasteiger partial charge in [0.15, 0.2) is 0 Å². The molecule has 176 valence electrons. The van der Waals surface area contributed by atoms with Crippen molar-refractivity contribution in [3.05, 3.63) is 40.9 Å². The molecule has 0 radical (unpaired) electrons. The highest BCUT2D eigenvalue weighted by Gasteiger charge is 2.38. The molecule has 1 aliphatic carbocycles. The number of nitrogens with zero attached hydrogens (tertiary/aromatic N) is 3. The summed E-state index contributed by atoms with van der Waals surface area (Å²) >= 11 is 0. The second-order valence-corrected chi connectivity index (χ2v) is 8.14.